The lowest BCUT2D eigenvalue weighted by Gasteiger charge is -2.14. The van der Waals surface area contributed by atoms with Crippen LogP contribution in [0.3, 0.4) is 0 Å². The van der Waals surface area contributed by atoms with Crippen LogP contribution in [0, 0.1) is 5.82 Å². The Morgan fingerprint density at radius 2 is 1.80 bits per heavy atom. The van der Waals surface area contributed by atoms with Crippen LogP contribution in [0.5, 0.6) is 0 Å². The van der Waals surface area contributed by atoms with Crippen molar-refractivity contribution in [3.63, 3.8) is 0 Å². The van der Waals surface area contributed by atoms with E-state index in [2.05, 4.69) is 5.32 Å². The molecule has 6 heteroatoms. The Labute approximate surface area is 151 Å². The zero-order valence-electron chi connectivity index (χ0n) is 14.3. The molecule has 0 aliphatic rings. The fourth-order valence-electron chi connectivity index (χ4n) is 2.41. The number of nitrogens with one attached hydrogen (secondary N) is 1. The molecule has 0 radical (unpaired) electrons. The van der Waals surface area contributed by atoms with Crippen LogP contribution in [0.1, 0.15) is 35.2 Å². The van der Waals surface area contributed by atoms with Gasteiger partial charge in [0.1, 0.15) is 5.82 Å². The van der Waals surface area contributed by atoms with Crippen LogP contribution in [0.4, 0.5) is 10.1 Å². The molecule has 0 aromatic heterocycles. The second kappa shape index (κ2) is 8.12. The molecule has 25 heavy (non-hydrogen) atoms. The minimum atomic E-state index is -0.303. The van der Waals surface area contributed by atoms with Crippen molar-refractivity contribution < 1.29 is 14.0 Å². The number of hydrogen-bond donors (Lipinski definition) is 1. The minimum absolute atomic E-state index is 0.0503. The second-order valence-corrected chi connectivity index (χ2v) is 6.51. The van der Waals surface area contributed by atoms with E-state index in [1.165, 1.54) is 17.0 Å². The number of nitrogens with zero attached hydrogens (tertiary/aromatic N) is 1. The van der Waals surface area contributed by atoms with Gasteiger partial charge in [0.25, 0.3) is 5.91 Å². The van der Waals surface area contributed by atoms with E-state index in [4.69, 9.17) is 11.6 Å². The molecule has 2 amide bonds. The number of benzene rings is 2. The van der Waals surface area contributed by atoms with Gasteiger partial charge in [-0.15, -0.1) is 0 Å². The van der Waals surface area contributed by atoms with E-state index in [9.17, 15) is 14.0 Å². The highest BCUT2D eigenvalue weighted by Gasteiger charge is 2.15. The second-order valence-electron chi connectivity index (χ2n) is 6.10. The third kappa shape index (κ3) is 5.03. The van der Waals surface area contributed by atoms with Crippen LogP contribution in [-0.4, -0.2) is 30.8 Å². The predicted molar refractivity (Wildman–Crippen MR) is 97.5 cm³/mol. The molecule has 1 atom stereocenters. The zero-order chi connectivity index (χ0) is 18.6. The molecule has 1 unspecified atom stereocenters. The lowest BCUT2D eigenvalue weighted by atomic mass is 9.97. The van der Waals surface area contributed by atoms with Gasteiger partial charge >= 0.3 is 0 Å². The predicted octanol–water partition coefficient (Wildman–Crippen LogP) is 4.31. The average molecular weight is 363 g/mol. The van der Waals surface area contributed by atoms with Gasteiger partial charge in [-0.05, 0) is 41.8 Å². The molecular weight excluding hydrogens is 343 g/mol. The van der Waals surface area contributed by atoms with E-state index in [1.54, 1.807) is 44.4 Å². The average Bonchev–Trinajstić information content (AvgIpc) is 2.54. The highest BCUT2D eigenvalue weighted by Crippen LogP contribution is 2.24. The Bertz CT molecular complexity index is 775. The van der Waals surface area contributed by atoms with Gasteiger partial charge in [0.15, 0.2) is 0 Å². The van der Waals surface area contributed by atoms with E-state index < -0.39 is 0 Å². The maximum absolute atomic E-state index is 13.0. The van der Waals surface area contributed by atoms with Crippen LogP contribution in [0.15, 0.2) is 42.5 Å². The minimum Gasteiger partial charge on any atom is -0.345 e. The molecule has 0 saturated heterocycles. The van der Waals surface area contributed by atoms with Gasteiger partial charge in [-0.2, -0.15) is 0 Å². The summed E-state index contributed by atoms with van der Waals surface area (Å²) in [6.45, 7) is 1.90. The highest BCUT2D eigenvalue weighted by atomic mass is 35.5. The molecular formula is C19H20ClFN2O2. The van der Waals surface area contributed by atoms with Crippen molar-refractivity contribution in [2.24, 2.45) is 0 Å². The summed E-state index contributed by atoms with van der Waals surface area (Å²) >= 11 is 6.13. The first-order chi connectivity index (χ1) is 11.8. The van der Waals surface area contributed by atoms with E-state index >= 15 is 0 Å². The normalized spacial score (nSPS) is 11.7. The first-order valence-electron chi connectivity index (χ1n) is 7.84. The van der Waals surface area contributed by atoms with Gasteiger partial charge in [-0.25, -0.2) is 4.39 Å². The number of carbonyl (C=O) groups is 2. The Morgan fingerprint density at radius 3 is 2.36 bits per heavy atom. The van der Waals surface area contributed by atoms with E-state index in [-0.39, 0.29) is 35.0 Å². The molecule has 0 fully saturated rings. The summed E-state index contributed by atoms with van der Waals surface area (Å²) in [7, 11) is 3.29. The number of rotatable bonds is 5. The largest absolute Gasteiger partial charge is 0.345 e. The number of anilines is 1. The lowest BCUT2D eigenvalue weighted by Crippen LogP contribution is -2.22. The van der Waals surface area contributed by atoms with Crippen molar-refractivity contribution in [1.29, 1.82) is 0 Å². The summed E-state index contributed by atoms with van der Waals surface area (Å²) in [5, 5.41) is 3.05. The van der Waals surface area contributed by atoms with Crippen LogP contribution < -0.4 is 5.32 Å². The van der Waals surface area contributed by atoms with Crippen molar-refractivity contribution in [3.05, 3.63) is 64.4 Å². The Balaban J connectivity index is 2.01. The Hall–Kier alpha value is -2.40. The fourth-order valence-corrected chi connectivity index (χ4v) is 2.67. The molecule has 1 N–H and O–H groups in total. The highest BCUT2D eigenvalue weighted by molar-refractivity contribution is 6.34. The molecule has 0 aliphatic carbocycles. The fraction of sp³-hybridized carbons (Fsp3) is 0.263. The maximum Gasteiger partial charge on any atom is 0.254 e. The van der Waals surface area contributed by atoms with Crippen molar-refractivity contribution >= 4 is 29.1 Å². The molecule has 2 rings (SSSR count). The molecule has 0 heterocycles. The van der Waals surface area contributed by atoms with E-state index in [1.807, 2.05) is 6.92 Å². The number of hydrogen-bond acceptors (Lipinski definition) is 2. The first kappa shape index (κ1) is 18.9. The van der Waals surface area contributed by atoms with Gasteiger partial charge in [0.2, 0.25) is 5.91 Å². The van der Waals surface area contributed by atoms with Crippen LogP contribution in [0.25, 0.3) is 0 Å². The maximum atomic E-state index is 13.0. The molecule has 0 saturated carbocycles. The summed E-state index contributed by atoms with van der Waals surface area (Å²) in [6.07, 6.45) is 0.252. The molecule has 0 bridgehead atoms. The van der Waals surface area contributed by atoms with Crippen molar-refractivity contribution in [2.75, 3.05) is 19.4 Å². The quantitative estimate of drug-likeness (QED) is 0.861. The molecule has 2 aromatic rings. The molecule has 2 aromatic carbocycles. The van der Waals surface area contributed by atoms with Crippen LogP contribution >= 0.6 is 11.6 Å². The summed E-state index contributed by atoms with van der Waals surface area (Å²) in [5.41, 5.74) is 1.79. The summed E-state index contributed by atoms with van der Waals surface area (Å²) in [4.78, 5) is 25.6. The number of carbonyl (C=O) groups excluding carboxylic acids is 2. The third-order valence-electron chi connectivity index (χ3n) is 3.82. The number of amides is 2. The monoisotopic (exact) mass is 362 g/mol. The van der Waals surface area contributed by atoms with E-state index in [0.717, 1.165) is 5.56 Å². The van der Waals surface area contributed by atoms with Crippen molar-refractivity contribution in [3.8, 4) is 0 Å². The van der Waals surface area contributed by atoms with Crippen LogP contribution in [0.2, 0.25) is 5.02 Å². The Kier molecular flexibility index (Phi) is 6.15. The van der Waals surface area contributed by atoms with Gasteiger partial charge in [0, 0.05) is 26.2 Å². The van der Waals surface area contributed by atoms with Crippen LogP contribution in [-0.2, 0) is 4.79 Å². The van der Waals surface area contributed by atoms with Crippen molar-refractivity contribution in [2.45, 2.75) is 19.3 Å². The topological polar surface area (TPSA) is 49.4 Å². The Morgan fingerprint density at radius 1 is 1.16 bits per heavy atom. The molecule has 4 nitrogen and oxygen atoms in total. The lowest BCUT2D eigenvalue weighted by molar-refractivity contribution is -0.116. The molecule has 132 valence electrons. The summed E-state index contributed by atoms with van der Waals surface area (Å²) < 4.78 is 13.0. The van der Waals surface area contributed by atoms with Gasteiger partial charge < -0.3 is 10.2 Å². The van der Waals surface area contributed by atoms with Gasteiger partial charge in [-0.1, -0.05) is 30.7 Å². The first-order valence-corrected chi connectivity index (χ1v) is 8.22. The van der Waals surface area contributed by atoms with E-state index in [0.29, 0.717) is 11.3 Å². The number of halogens is 2. The zero-order valence-corrected chi connectivity index (χ0v) is 15.1. The van der Waals surface area contributed by atoms with Gasteiger partial charge in [0.05, 0.1) is 10.6 Å². The standard InChI is InChI=1S/C19H20ClFN2O2/c1-12(13-4-6-14(21)7-5-13)10-18(24)22-15-8-9-16(17(20)11-15)19(25)23(2)3/h4-9,11-12H,10H2,1-3H3,(H,22,24). The summed E-state index contributed by atoms with van der Waals surface area (Å²) in [5.74, 6) is -0.736. The summed E-state index contributed by atoms with van der Waals surface area (Å²) in [6, 6.07) is 10.9. The third-order valence-corrected chi connectivity index (χ3v) is 4.13. The molecule has 0 aliphatic heterocycles. The van der Waals surface area contributed by atoms with Gasteiger partial charge in [-0.3, -0.25) is 9.59 Å². The smallest absolute Gasteiger partial charge is 0.254 e. The SMILES string of the molecule is CC(CC(=O)Nc1ccc(C(=O)N(C)C)c(Cl)c1)c1ccc(F)cc1. The molecule has 0 spiro atoms. The van der Waals surface area contributed by atoms with Crippen molar-refractivity contribution in [1.82, 2.24) is 4.90 Å².